The molecule has 0 atom stereocenters. The van der Waals surface area contributed by atoms with Gasteiger partial charge in [0.1, 0.15) is 23.3 Å². The van der Waals surface area contributed by atoms with Crippen LogP contribution in [0.25, 0.3) is 0 Å². The van der Waals surface area contributed by atoms with Crippen molar-refractivity contribution in [3.8, 4) is 0 Å². The van der Waals surface area contributed by atoms with E-state index in [1.165, 1.54) is 0 Å². The molecule has 0 spiro atoms. The molecule has 5 nitrogen and oxygen atoms in total. The van der Waals surface area contributed by atoms with Crippen molar-refractivity contribution >= 4 is 11.7 Å². The molecule has 1 fully saturated rings. The molecule has 1 saturated heterocycles. The summed E-state index contributed by atoms with van der Waals surface area (Å²) in [4.78, 5) is 23.0. The largest absolute Gasteiger partial charge is 0.357 e. The van der Waals surface area contributed by atoms with E-state index in [4.69, 9.17) is 0 Å². The number of hydrogen-bond acceptors (Lipinski definition) is 4. The summed E-state index contributed by atoms with van der Waals surface area (Å²) >= 11 is 0. The molecule has 24 heavy (non-hydrogen) atoms. The van der Waals surface area contributed by atoms with E-state index < -0.39 is 17.5 Å². The highest BCUT2D eigenvalue weighted by atomic mass is 19.1. The van der Waals surface area contributed by atoms with Gasteiger partial charge in [0.15, 0.2) is 0 Å². The van der Waals surface area contributed by atoms with Crippen molar-refractivity contribution in [1.82, 2.24) is 15.3 Å². The Labute approximate surface area is 138 Å². The number of hydrogen-bond donors (Lipinski definition) is 1. The Bertz CT molecular complexity index is 760. The molecule has 2 aromatic rings. The molecule has 1 aromatic carbocycles. The van der Waals surface area contributed by atoms with Gasteiger partial charge in [0.25, 0.3) is 5.91 Å². The molecular formula is C17H18F2N4O. The summed E-state index contributed by atoms with van der Waals surface area (Å²) in [6.07, 6.45) is 2.28. The van der Waals surface area contributed by atoms with Gasteiger partial charge in [0.05, 0.1) is 12.1 Å². The Morgan fingerprint density at radius 1 is 1.21 bits per heavy atom. The second kappa shape index (κ2) is 6.90. The van der Waals surface area contributed by atoms with Crippen molar-refractivity contribution in [1.29, 1.82) is 0 Å². The minimum atomic E-state index is -0.893. The normalized spacial score (nSPS) is 14.0. The second-order valence-electron chi connectivity index (χ2n) is 5.78. The van der Waals surface area contributed by atoms with E-state index in [9.17, 15) is 13.6 Å². The fraction of sp³-hybridized carbons (Fsp3) is 0.353. The lowest BCUT2D eigenvalue weighted by molar-refractivity contribution is 0.0945. The van der Waals surface area contributed by atoms with Crippen LogP contribution in [0.15, 0.2) is 24.3 Å². The third-order valence-electron chi connectivity index (χ3n) is 3.90. The summed E-state index contributed by atoms with van der Waals surface area (Å²) in [5.74, 6) is -0.929. The summed E-state index contributed by atoms with van der Waals surface area (Å²) in [6, 6.07) is 4.76. The average Bonchev–Trinajstić information content (AvgIpc) is 3.06. The standard InChI is InChI=1S/C17H18F2N4O/c1-11-8-16(23-6-2-3-7-23)22-15(21-11)10-20-17(24)13-5-4-12(18)9-14(13)19/h4-5,8-9H,2-3,6-7,10H2,1H3,(H,20,24). The molecule has 0 radical (unpaired) electrons. The van der Waals surface area contributed by atoms with Gasteiger partial charge in [0.2, 0.25) is 0 Å². The number of rotatable bonds is 4. The number of aromatic nitrogens is 2. The van der Waals surface area contributed by atoms with Gasteiger partial charge in [0, 0.05) is 30.9 Å². The highest BCUT2D eigenvalue weighted by Gasteiger charge is 2.16. The first-order valence-electron chi connectivity index (χ1n) is 7.86. The van der Waals surface area contributed by atoms with Crippen LogP contribution in [-0.2, 0) is 6.54 Å². The molecule has 0 unspecified atom stereocenters. The van der Waals surface area contributed by atoms with Crippen molar-refractivity contribution in [2.75, 3.05) is 18.0 Å². The van der Waals surface area contributed by atoms with Crippen LogP contribution in [0, 0.1) is 18.6 Å². The minimum absolute atomic E-state index is 0.0815. The number of amides is 1. The Kier molecular flexibility index (Phi) is 4.69. The lowest BCUT2D eigenvalue weighted by atomic mass is 10.2. The Morgan fingerprint density at radius 3 is 2.67 bits per heavy atom. The van der Waals surface area contributed by atoms with Gasteiger partial charge >= 0.3 is 0 Å². The number of nitrogens with zero attached hydrogens (tertiary/aromatic N) is 3. The third kappa shape index (κ3) is 3.67. The fourth-order valence-electron chi connectivity index (χ4n) is 2.73. The van der Waals surface area contributed by atoms with Crippen molar-refractivity contribution in [2.45, 2.75) is 26.3 Å². The highest BCUT2D eigenvalue weighted by molar-refractivity contribution is 5.94. The quantitative estimate of drug-likeness (QED) is 0.935. The molecule has 126 valence electrons. The number of carbonyl (C=O) groups is 1. The van der Waals surface area contributed by atoms with Crippen LogP contribution in [0.5, 0.6) is 0 Å². The fourth-order valence-corrected chi connectivity index (χ4v) is 2.73. The lowest BCUT2D eigenvalue weighted by Gasteiger charge is -2.17. The van der Waals surface area contributed by atoms with Gasteiger partial charge in [-0.1, -0.05) is 0 Å². The number of benzene rings is 1. The predicted molar refractivity (Wildman–Crippen MR) is 85.7 cm³/mol. The number of carbonyl (C=O) groups excluding carboxylic acids is 1. The van der Waals surface area contributed by atoms with E-state index in [2.05, 4.69) is 20.2 Å². The van der Waals surface area contributed by atoms with Crippen LogP contribution in [0.1, 0.15) is 34.7 Å². The van der Waals surface area contributed by atoms with E-state index in [1.54, 1.807) is 0 Å². The smallest absolute Gasteiger partial charge is 0.254 e. The van der Waals surface area contributed by atoms with E-state index in [0.717, 1.165) is 49.6 Å². The zero-order valence-corrected chi connectivity index (χ0v) is 13.4. The van der Waals surface area contributed by atoms with Crippen LogP contribution >= 0.6 is 0 Å². The average molecular weight is 332 g/mol. The first-order valence-corrected chi connectivity index (χ1v) is 7.86. The van der Waals surface area contributed by atoms with Gasteiger partial charge in [-0.15, -0.1) is 0 Å². The summed E-state index contributed by atoms with van der Waals surface area (Å²) in [5, 5.41) is 2.58. The van der Waals surface area contributed by atoms with Crippen LogP contribution in [-0.4, -0.2) is 29.0 Å². The summed E-state index contributed by atoms with van der Waals surface area (Å²) in [6.45, 7) is 3.87. The number of anilines is 1. The Morgan fingerprint density at radius 2 is 1.96 bits per heavy atom. The molecule has 1 aromatic heterocycles. The maximum atomic E-state index is 13.6. The molecular weight excluding hydrogens is 314 g/mol. The van der Waals surface area contributed by atoms with Crippen molar-refractivity contribution in [2.24, 2.45) is 0 Å². The number of aryl methyl sites for hydroxylation is 1. The molecule has 3 rings (SSSR count). The lowest BCUT2D eigenvalue weighted by Crippen LogP contribution is -2.26. The molecule has 1 amide bonds. The van der Waals surface area contributed by atoms with Gasteiger partial charge in [-0.05, 0) is 31.9 Å². The zero-order chi connectivity index (χ0) is 17.1. The summed E-state index contributed by atoms with van der Waals surface area (Å²) in [7, 11) is 0. The summed E-state index contributed by atoms with van der Waals surface area (Å²) < 4.78 is 26.5. The zero-order valence-electron chi connectivity index (χ0n) is 13.4. The molecule has 1 N–H and O–H groups in total. The van der Waals surface area contributed by atoms with Crippen molar-refractivity contribution < 1.29 is 13.6 Å². The monoisotopic (exact) mass is 332 g/mol. The first kappa shape index (κ1) is 16.3. The van der Waals surface area contributed by atoms with Crippen LogP contribution in [0.2, 0.25) is 0 Å². The molecule has 2 heterocycles. The topological polar surface area (TPSA) is 58.1 Å². The maximum Gasteiger partial charge on any atom is 0.254 e. The molecule has 7 heteroatoms. The van der Waals surface area contributed by atoms with E-state index in [1.807, 2.05) is 13.0 Å². The van der Waals surface area contributed by atoms with Crippen molar-refractivity contribution in [3.63, 3.8) is 0 Å². The van der Waals surface area contributed by atoms with E-state index in [-0.39, 0.29) is 12.1 Å². The van der Waals surface area contributed by atoms with Gasteiger partial charge < -0.3 is 10.2 Å². The van der Waals surface area contributed by atoms with Crippen LogP contribution in [0.4, 0.5) is 14.6 Å². The van der Waals surface area contributed by atoms with Crippen molar-refractivity contribution in [3.05, 3.63) is 53.0 Å². The molecule has 0 aliphatic carbocycles. The first-order chi connectivity index (χ1) is 11.5. The summed E-state index contributed by atoms with van der Waals surface area (Å²) in [5.41, 5.74) is 0.605. The van der Waals surface area contributed by atoms with Gasteiger partial charge in [-0.2, -0.15) is 0 Å². The highest BCUT2D eigenvalue weighted by Crippen LogP contribution is 2.18. The SMILES string of the molecule is Cc1cc(N2CCCC2)nc(CNC(=O)c2ccc(F)cc2F)n1. The van der Waals surface area contributed by atoms with E-state index >= 15 is 0 Å². The predicted octanol–water partition coefficient (Wildman–Crippen LogP) is 2.59. The Hall–Kier alpha value is -2.57. The molecule has 1 aliphatic rings. The van der Waals surface area contributed by atoms with Gasteiger partial charge in [-0.3, -0.25) is 4.79 Å². The molecule has 1 aliphatic heterocycles. The number of nitrogens with one attached hydrogen (secondary N) is 1. The van der Waals surface area contributed by atoms with Gasteiger partial charge in [-0.25, -0.2) is 18.7 Å². The van der Waals surface area contributed by atoms with Crippen LogP contribution in [0.3, 0.4) is 0 Å². The third-order valence-corrected chi connectivity index (χ3v) is 3.90. The minimum Gasteiger partial charge on any atom is -0.357 e. The second-order valence-corrected chi connectivity index (χ2v) is 5.78. The van der Waals surface area contributed by atoms with Crippen LogP contribution < -0.4 is 10.2 Å². The molecule has 0 saturated carbocycles. The molecule has 0 bridgehead atoms. The Balaban J connectivity index is 1.70. The van der Waals surface area contributed by atoms with E-state index in [0.29, 0.717) is 11.9 Å². The maximum absolute atomic E-state index is 13.6. The number of halogens is 2.